The molecule has 1 aromatic rings. The third-order valence-corrected chi connectivity index (χ3v) is 5.05. The van der Waals surface area contributed by atoms with E-state index >= 15 is 0 Å². The summed E-state index contributed by atoms with van der Waals surface area (Å²) in [4.78, 5) is 18.0. The monoisotopic (exact) mass is 323 g/mol. The highest BCUT2D eigenvalue weighted by atomic mass is 35.5. The van der Waals surface area contributed by atoms with E-state index in [4.69, 9.17) is 11.6 Å². The summed E-state index contributed by atoms with van der Waals surface area (Å²) in [5.74, 6) is 1.84. The number of aromatic nitrogens is 1. The van der Waals surface area contributed by atoms with E-state index in [0.717, 1.165) is 37.3 Å². The normalized spacial score (nSPS) is 31.0. The van der Waals surface area contributed by atoms with Gasteiger partial charge in [0.1, 0.15) is 5.82 Å². The van der Waals surface area contributed by atoms with Gasteiger partial charge in [0.15, 0.2) is 0 Å². The number of nitrogens with zero attached hydrogens (tertiary/aromatic N) is 2. The van der Waals surface area contributed by atoms with Crippen LogP contribution in [0.2, 0.25) is 5.02 Å². The van der Waals surface area contributed by atoms with E-state index in [9.17, 15) is 9.90 Å². The first kappa shape index (κ1) is 15.6. The first-order valence-corrected chi connectivity index (χ1v) is 8.14. The summed E-state index contributed by atoms with van der Waals surface area (Å²) in [6, 6.07) is 1.80. The van der Waals surface area contributed by atoms with Crippen molar-refractivity contribution in [3.8, 4) is 0 Å². The topological polar surface area (TPSA) is 65.5 Å². The Kier molecular flexibility index (Phi) is 4.28. The summed E-state index contributed by atoms with van der Waals surface area (Å²) in [6.45, 7) is 5.35. The van der Waals surface area contributed by atoms with E-state index in [1.54, 1.807) is 6.20 Å². The van der Waals surface area contributed by atoms with Gasteiger partial charge in [-0.25, -0.2) is 4.98 Å². The number of pyridine rings is 1. The number of rotatable bonds is 2. The predicted octanol–water partition coefficient (Wildman–Crippen LogP) is 1.76. The van der Waals surface area contributed by atoms with Crippen molar-refractivity contribution in [3.05, 3.63) is 22.8 Å². The smallest absolute Gasteiger partial charge is 0.217 e. The Morgan fingerprint density at radius 2 is 2.09 bits per heavy atom. The number of amides is 1. The summed E-state index contributed by atoms with van der Waals surface area (Å²) in [5.41, 5.74) is 1.07. The Morgan fingerprint density at radius 1 is 1.41 bits per heavy atom. The molecule has 1 amide bonds. The van der Waals surface area contributed by atoms with Crippen molar-refractivity contribution < 1.29 is 9.90 Å². The zero-order valence-corrected chi connectivity index (χ0v) is 13.7. The van der Waals surface area contributed by atoms with Gasteiger partial charge in [0.25, 0.3) is 0 Å². The summed E-state index contributed by atoms with van der Waals surface area (Å²) < 4.78 is 0. The standard InChI is InChI=1S/C16H22ClN3O2/c1-9-3-13(17)6-18-16(9)20-7-11-4-14(19-10(2)21)15(22)5-12(11)8-20/h3,6,11-12,14-15,22H,4-5,7-8H2,1-2H3,(H,19,21)/t11-,12+,14-,15-/m1/s1. The summed E-state index contributed by atoms with van der Waals surface area (Å²) in [7, 11) is 0. The molecule has 0 spiro atoms. The lowest BCUT2D eigenvalue weighted by Gasteiger charge is -2.35. The van der Waals surface area contributed by atoms with E-state index in [1.165, 1.54) is 6.92 Å². The van der Waals surface area contributed by atoms with Crippen LogP contribution < -0.4 is 10.2 Å². The first-order chi connectivity index (χ1) is 10.4. The van der Waals surface area contributed by atoms with Gasteiger partial charge in [0.2, 0.25) is 5.91 Å². The molecule has 1 aromatic heterocycles. The molecule has 1 aliphatic heterocycles. The minimum Gasteiger partial charge on any atom is -0.391 e. The molecule has 5 nitrogen and oxygen atoms in total. The second-order valence-corrected chi connectivity index (χ2v) is 7.00. The van der Waals surface area contributed by atoms with Gasteiger partial charge < -0.3 is 15.3 Å². The van der Waals surface area contributed by atoms with Crippen LogP contribution in [0.1, 0.15) is 25.3 Å². The zero-order chi connectivity index (χ0) is 15.9. The van der Waals surface area contributed by atoms with Crippen molar-refractivity contribution in [2.45, 2.75) is 38.8 Å². The van der Waals surface area contributed by atoms with Crippen LogP contribution in [0.3, 0.4) is 0 Å². The van der Waals surface area contributed by atoms with Gasteiger partial charge in [0, 0.05) is 26.2 Å². The second-order valence-electron chi connectivity index (χ2n) is 6.56. The lowest BCUT2D eigenvalue weighted by molar-refractivity contribution is -0.121. The highest BCUT2D eigenvalue weighted by Gasteiger charge is 2.42. The van der Waals surface area contributed by atoms with Crippen LogP contribution in [0.4, 0.5) is 5.82 Å². The largest absolute Gasteiger partial charge is 0.391 e. The van der Waals surface area contributed by atoms with Crippen molar-refractivity contribution in [2.75, 3.05) is 18.0 Å². The van der Waals surface area contributed by atoms with E-state index in [-0.39, 0.29) is 11.9 Å². The van der Waals surface area contributed by atoms with Gasteiger partial charge in [-0.3, -0.25) is 4.79 Å². The number of aliphatic hydroxyl groups excluding tert-OH is 1. The number of carbonyl (C=O) groups excluding carboxylic acids is 1. The number of fused-ring (bicyclic) bond motifs is 1. The van der Waals surface area contributed by atoms with Crippen LogP contribution in [0.5, 0.6) is 0 Å². The molecule has 1 saturated carbocycles. The summed E-state index contributed by atoms with van der Waals surface area (Å²) >= 11 is 5.98. The number of anilines is 1. The molecular weight excluding hydrogens is 302 g/mol. The number of hydrogen-bond donors (Lipinski definition) is 2. The molecule has 6 heteroatoms. The van der Waals surface area contributed by atoms with Gasteiger partial charge in [-0.05, 0) is 43.2 Å². The van der Waals surface area contributed by atoms with Gasteiger partial charge in [-0.2, -0.15) is 0 Å². The van der Waals surface area contributed by atoms with Gasteiger partial charge >= 0.3 is 0 Å². The Bertz CT molecular complexity index is 581. The lowest BCUT2D eigenvalue weighted by Crippen LogP contribution is -2.48. The van der Waals surface area contributed by atoms with E-state index in [0.29, 0.717) is 16.9 Å². The molecule has 1 aliphatic carbocycles. The van der Waals surface area contributed by atoms with Gasteiger partial charge in [-0.15, -0.1) is 0 Å². The molecule has 2 fully saturated rings. The number of aryl methyl sites for hydroxylation is 1. The van der Waals surface area contributed by atoms with E-state index in [2.05, 4.69) is 15.2 Å². The predicted molar refractivity (Wildman–Crippen MR) is 86.0 cm³/mol. The second kappa shape index (κ2) is 6.05. The van der Waals surface area contributed by atoms with Crippen LogP contribution in [-0.4, -0.2) is 41.2 Å². The lowest BCUT2D eigenvalue weighted by atomic mass is 9.77. The Labute approximate surface area is 135 Å². The molecule has 2 heterocycles. The minimum absolute atomic E-state index is 0.0763. The zero-order valence-electron chi connectivity index (χ0n) is 12.9. The SMILES string of the molecule is CC(=O)N[C@@H]1C[C@@H]2CN(c3ncc(Cl)cc3C)C[C@@H]2C[C@H]1O. The highest BCUT2D eigenvalue weighted by Crippen LogP contribution is 2.38. The molecule has 2 aliphatic rings. The fraction of sp³-hybridized carbons (Fsp3) is 0.625. The van der Waals surface area contributed by atoms with Crippen molar-refractivity contribution in [1.29, 1.82) is 0 Å². The van der Waals surface area contributed by atoms with E-state index < -0.39 is 6.10 Å². The molecule has 0 unspecified atom stereocenters. The number of carbonyl (C=O) groups is 1. The van der Waals surface area contributed by atoms with Gasteiger partial charge in [0.05, 0.1) is 17.2 Å². The van der Waals surface area contributed by atoms with Crippen molar-refractivity contribution in [2.24, 2.45) is 11.8 Å². The Morgan fingerprint density at radius 3 is 2.73 bits per heavy atom. The van der Waals surface area contributed by atoms with Crippen molar-refractivity contribution >= 4 is 23.3 Å². The quantitative estimate of drug-likeness (QED) is 0.870. The van der Waals surface area contributed by atoms with E-state index in [1.807, 2.05) is 13.0 Å². The fourth-order valence-corrected chi connectivity index (χ4v) is 4.10. The Balaban J connectivity index is 1.72. The van der Waals surface area contributed by atoms with Crippen LogP contribution in [0.15, 0.2) is 12.3 Å². The third-order valence-electron chi connectivity index (χ3n) is 4.85. The fourth-order valence-electron chi connectivity index (χ4n) is 3.88. The number of hydrogen-bond acceptors (Lipinski definition) is 4. The molecule has 0 aromatic carbocycles. The summed E-state index contributed by atoms with van der Waals surface area (Å²) in [6.07, 6.45) is 2.79. The molecule has 0 radical (unpaired) electrons. The third kappa shape index (κ3) is 3.06. The molecular formula is C16H22ClN3O2. The number of halogens is 1. The molecule has 22 heavy (non-hydrogen) atoms. The molecule has 2 N–H and O–H groups in total. The maximum atomic E-state index is 11.3. The Hall–Kier alpha value is -1.33. The average Bonchev–Trinajstić information content (AvgIpc) is 2.80. The summed E-state index contributed by atoms with van der Waals surface area (Å²) in [5, 5.41) is 13.8. The first-order valence-electron chi connectivity index (χ1n) is 7.76. The van der Waals surface area contributed by atoms with Crippen LogP contribution in [0.25, 0.3) is 0 Å². The highest BCUT2D eigenvalue weighted by molar-refractivity contribution is 6.30. The molecule has 4 atom stereocenters. The van der Waals surface area contributed by atoms with Crippen molar-refractivity contribution in [3.63, 3.8) is 0 Å². The maximum absolute atomic E-state index is 11.3. The number of nitrogens with one attached hydrogen (secondary N) is 1. The molecule has 3 rings (SSSR count). The molecule has 120 valence electrons. The minimum atomic E-state index is -0.454. The van der Waals surface area contributed by atoms with Crippen LogP contribution in [0, 0.1) is 18.8 Å². The van der Waals surface area contributed by atoms with Crippen molar-refractivity contribution in [1.82, 2.24) is 10.3 Å². The molecule has 1 saturated heterocycles. The number of aliphatic hydroxyl groups is 1. The van der Waals surface area contributed by atoms with Crippen LogP contribution in [-0.2, 0) is 4.79 Å². The molecule has 0 bridgehead atoms. The van der Waals surface area contributed by atoms with Crippen LogP contribution >= 0.6 is 11.6 Å². The van der Waals surface area contributed by atoms with Gasteiger partial charge in [-0.1, -0.05) is 11.6 Å². The maximum Gasteiger partial charge on any atom is 0.217 e. The average molecular weight is 324 g/mol.